The fourth-order valence-electron chi connectivity index (χ4n) is 3.56. The average molecular weight is 544 g/mol. The molecule has 3 N–H and O–H groups in total. The molecule has 10 heteroatoms. The number of rotatable bonds is 16. The van der Waals surface area contributed by atoms with E-state index in [-0.39, 0.29) is 19.0 Å². The van der Waals surface area contributed by atoms with Crippen LogP contribution < -0.4 is 11.1 Å². The van der Waals surface area contributed by atoms with Crippen LogP contribution in [0.25, 0.3) is 0 Å². The van der Waals surface area contributed by atoms with E-state index >= 15 is 0 Å². The molecule has 0 spiro atoms. The zero-order valence-corrected chi connectivity index (χ0v) is 25.2. The summed E-state index contributed by atoms with van der Waals surface area (Å²) in [4.78, 5) is 52.1. The van der Waals surface area contributed by atoms with Gasteiger partial charge in [-0.1, -0.05) is 6.42 Å². The molecule has 0 heterocycles. The number of nitrogens with one attached hydrogen (secondary N) is 1. The van der Waals surface area contributed by atoms with Gasteiger partial charge in [-0.15, -0.1) is 0 Å². The molecule has 0 saturated carbocycles. The summed E-state index contributed by atoms with van der Waals surface area (Å²) < 4.78 is 16.6. The van der Waals surface area contributed by atoms with E-state index in [2.05, 4.69) is 5.32 Å². The molecular formula is C28H53N3O7. The number of nitrogens with zero attached hydrogens (tertiary/aromatic N) is 1. The Morgan fingerprint density at radius 3 is 1.66 bits per heavy atom. The molecule has 0 fully saturated rings. The Bertz CT molecular complexity index is 719. The smallest absolute Gasteiger partial charge is 0.323 e. The van der Waals surface area contributed by atoms with Crippen LogP contribution in [0.1, 0.15) is 107 Å². The maximum Gasteiger partial charge on any atom is 0.323 e. The second-order valence-electron chi connectivity index (χ2n) is 12.6. The van der Waals surface area contributed by atoms with Gasteiger partial charge in [-0.2, -0.15) is 0 Å². The number of hydrogen-bond acceptors (Lipinski definition) is 9. The fraction of sp³-hybridized carbons (Fsp3) is 0.857. The summed E-state index contributed by atoms with van der Waals surface area (Å²) in [5.41, 5.74) is 3.28. The molecule has 0 aromatic heterocycles. The summed E-state index contributed by atoms with van der Waals surface area (Å²) in [5, 5.41) is 2.90. The fourth-order valence-corrected chi connectivity index (χ4v) is 3.56. The summed E-state index contributed by atoms with van der Waals surface area (Å²) in [6.45, 7) is 16.3. The van der Waals surface area contributed by atoms with Gasteiger partial charge >= 0.3 is 17.9 Å². The van der Waals surface area contributed by atoms with E-state index in [1.165, 1.54) is 4.90 Å². The molecule has 0 rings (SSSR count). The lowest BCUT2D eigenvalue weighted by Gasteiger charge is -2.33. The number of esters is 3. The predicted octanol–water partition coefficient (Wildman–Crippen LogP) is 3.49. The van der Waals surface area contributed by atoms with Crippen LogP contribution in [0.2, 0.25) is 0 Å². The maximum absolute atomic E-state index is 13.2. The molecule has 0 bridgehead atoms. The molecule has 0 saturated heterocycles. The normalized spacial score (nSPS) is 13.1. The molecule has 0 aliphatic rings. The quantitative estimate of drug-likeness (QED) is 0.170. The second kappa shape index (κ2) is 16.7. The number of carbonyl (C=O) groups is 4. The Kier molecular flexibility index (Phi) is 15.7. The van der Waals surface area contributed by atoms with Crippen molar-refractivity contribution in [2.24, 2.45) is 5.73 Å². The highest BCUT2D eigenvalue weighted by molar-refractivity contribution is 5.80. The Labute approximate surface area is 229 Å². The molecule has 0 radical (unpaired) electrons. The highest BCUT2D eigenvalue weighted by Crippen LogP contribution is 2.18. The first-order chi connectivity index (χ1) is 17.3. The van der Waals surface area contributed by atoms with Gasteiger partial charge in [0.2, 0.25) is 5.91 Å². The van der Waals surface area contributed by atoms with Crippen LogP contribution in [0, 0.1) is 0 Å². The summed E-state index contributed by atoms with van der Waals surface area (Å²) in [5.74, 6) is -1.66. The third-order valence-corrected chi connectivity index (χ3v) is 4.96. The maximum atomic E-state index is 13.2. The van der Waals surface area contributed by atoms with Crippen LogP contribution in [0.4, 0.5) is 0 Å². The first kappa shape index (κ1) is 35.8. The van der Waals surface area contributed by atoms with Crippen molar-refractivity contribution >= 4 is 23.8 Å². The van der Waals surface area contributed by atoms with Crippen molar-refractivity contribution in [1.82, 2.24) is 10.2 Å². The SMILES string of the molecule is CC(C)(C)OC(=O)CN(CC(=O)OC(C)(C)C)C(CCCCNC(=O)CCCCCN)C(=O)OC(C)(C)C. The molecule has 0 aliphatic heterocycles. The summed E-state index contributed by atoms with van der Waals surface area (Å²) in [7, 11) is 0. The van der Waals surface area contributed by atoms with Crippen molar-refractivity contribution in [2.45, 2.75) is 130 Å². The molecule has 10 nitrogen and oxygen atoms in total. The molecule has 0 aromatic rings. The lowest BCUT2D eigenvalue weighted by atomic mass is 10.1. The number of unbranched alkanes of at least 4 members (excludes halogenated alkanes) is 3. The molecule has 1 amide bonds. The third kappa shape index (κ3) is 19.9. The van der Waals surface area contributed by atoms with Crippen molar-refractivity contribution in [3.8, 4) is 0 Å². The van der Waals surface area contributed by atoms with Gasteiger partial charge in [0, 0.05) is 13.0 Å². The predicted molar refractivity (Wildman–Crippen MR) is 147 cm³/mol. The molecule has 0 aliphatic carbocycles. The second-order valence-corrected chi connectivity index (χ2v) is 12.6. The number of nitrogens with two attached hydrogens (primary N) is 1. The molecule has 1 unspecified atom stereocenters. The average Bonchev–Trinajstić information content (AvgIpc) is 2.69. The standard InChI is InChI=1S/C28H53N3O7/c1-26(2,3)36-23(33)19-31(20-24(34)37-27(4,5)6)21(25(35)38-28(7,8)9)15-12-14-18-30-22(32)16-11-10-13-17-29/h21H,10-20,29H2,1-9H3,(H,30,32). The Hall–Kier alpha value is -2.20. The van der Waals surface area contributed by atoms with E-state index < -0.39 is 40.8 Å². The third-order valence-electron chi connectivity index (χ3n) is 4.96. The number of hydrogen-bond donors (Lipinski definition) is 2. The van der Waals surface area contributed by atoms with E-state index in [9.17, 15) is 19.2 Å². The monoisotopic (exact) mass is 543 g/mol. The van der Waals surface area contributed by atoms with Gasteiger partial charge < -0.3 is 25.3 Å². The first-order valence-electron chi connectivity index (χ1n) is 13.7. The van der Waals surface area contributed by atoms with Gasteiger partial charge in [0.15, 0.2) is 0 Å². The van der Waals surface area contributed by atoms with Gasteiger partial charge in [0.25, 0.3) is 0 Å². The summed E-state index contributed by atoms with van der Waals surface area (Å²) in [6, 6.07) is -0.874. The van der Waals surface area contributed by atoms with Gasteiger partial charge in [-0.3, -0.25) is 24.1 Å². The van der Waals surface area contributed by atoms with Crippen LogP contribution in [0.3, 0.4) is 0 Å². The van der Waals surface area contributed by atoms with Crippen molar-refractivity contribution in [2.75, 3.05) is 26.2 Å². The summed E-state index contributed by atoms with van der Waals surface area (Å²) >= 11 is 0. The topological polar surface area (TPSA) is 137 Å². The van der Waals surface area contributed by atoms with E-state index in [1.807, 2.05) is 0 Å². The van der Waals surface area contributed by atoms with Crippen molar-refractivity contribution in [3.05, 3.63) is 0 Å². The zero-order chi connectivity index (χ0) is 29.6. The first-order valence-corrected chi connectivity index (χ1v) is 13.7. The highest BCUT2D eigenvalue weighted by Gasteiger charge is 2.34. The van der Waals surface area contributed by atoms with E-state index in [4.69, 9.17) is 19.9 Å². The van der Waals surface area contributed by atoms with Crippen molar-refractivity contribution in [1.29, 1.82) is 0 Å². The van der Waals surface area contributed by atoms with Gasteiger partial charge in [0.05, 0.1) is 13.1 Å². The minimum absolute atomic E-state index is 0.0119. The van der Waals surface area contributed by atoms with Crippen molar-refractivity contribution in [3.63, 3.8) is 0 Å². The van der Waals surface area contributed by atoms with E-state index in [0.29, 0.717) is 38.8 Å². The Morgan fingerprint density at radius 1 is 0.711 bits per heavy atom. The van der Waals surface area contributed by atoms with E-state index in [0.717, 1.165) is 19.3 Å². The molecule has 0 aromatic carbocycles. The van der Waals surface area contributed by atoms with Gasteiger partial charge in [-0.25, -0.2) is 0 Å². The van der Waals surface area contributed by atoms with Gasteiger partial charge in [0.1, 0.15) is 22.8 Å². The highest BCUT2D eigenvalue weighted by atomic mass is 16.6. The van der Waals surface area contributed by atoms with Crippen LogP contribution in [-0.4, -0.2) is 77.7 Å². The lowest BCUT2D eigenvalue weighted by Crippen LogP contribution is -2.50. The Balaban J connectivity index is 5.45. The lowest BCUT2D eigenvalue weighted by molar-refractivity contribution is -0.168. The number of amides is 1. The van der Waals surface area contributed by atoms with Crippen LogP contribution in [-0.2, 0) is 33.4 Å². The van der Waals surface area contributed by atoms with Gasteiger partial charge in [-0.05, 0) is 101 Å². The molecular weight excluding hydrogens is 490 g/mol. The molecule has 222 valence electrons. The van der Waals surface area contributed by atoms with Crippen LogP contribution >= 0.6 is 0 Å². The summed E-state index contributed by atoms with van der Waals surface area (Å²) in [6.07, 6.45) is 4.60. The number of ether oxygens (including phenoxy) is 3. The number of carbonyl (C=O) groups excluding carboxylic acids is 4. The molecule has 1 atom stereocenters. The minimum Gasteiger partial charge on any atom is -0.459 e. The van der Waals surface area contributed by atoms with Crippen molar-refractivity contribution < 1.29 is 33.4 Å². The zero-order valence-electron chi connectivity index (χ0n) is 25.2. The van der Waals surface area contributed by atoms with Crippen LogP contribution in [0.15, 0.2) is 0 Å². The van der Waals surface area contributed by atoms with Crippen LogP contribution in [0.5, 0.6) is 0 Å². The molecule has 38 heavy (non-hydrogen) atoms. The van der Waals surface area contributed by atoms with E-state index in [1.54, 1.807) is 62.3 Å². The largest absolute Gasteiger partial charge is 0.459 e. The minimum atomic E-state index is -0.874. The Morgan fingerprint density at radius 2 is 1.21 bits per heavy atom.